The summed E-state index contributed by atoms with van der Waals surface area (Å²) in [6.45, 7) is 0. The number of nitriles is 2. The van der Waals surface area contributed by atoms with Crippen LogP contribution in [0.5, 0.6) is 0 Å². The van der Waals surface area contributed by atoms with Crippen LogP contribution < -0.4 is 4.90 Å². The van der Waals surface area contributed by atoms with Gasteiger partial charge in [-0.2, -0.15) is 10.5 Å². The van der Waals surface area contributed by atoms with E-state index in [4.69, 9.17) is 0 Å². The zero-order valence-electron chi connectivity index (χ0n) is 15.3. The second-order valence-electron chi connectivity index (χ2n) is 7.87. The summed E-state index contributed by atoms with van der Waals surface area (Å²) in [4.78, 5) is 15.5. The molecule has 2 aromatic carbocycles. The van der Waals surface area contributed by atoms with E-state index in [-0.39, 0.29) is 11.7 Å². The summed E-state index contributed by atoms with van der Waals surface area (Å²) in [6.07, 6.45) is 5.72. The van der Waals surface area contributed by atoms with E-state index < -0.39 is 23.4 Å². The number of carbonyl (C=O) groups is 1. The molecule has 0 aromatic heterocycles. The summed E-state index contributed by atoms with van der Waals surface area (Å²) in [5.74, 6) is -0.281. The maximum Gasteiger partial charge on any atom is 0.176 e. The molecule has 0 bridgehead atoms. The molecule has 2 heterocycles. The van der Waals surface area contributed by atoms with E-state index in [1.165, 1.54) is 0 Å². The third-order valence-electron chi connectivity index (χ3n) is 6.35. The molecule has 0 unspecified atom stereocenters. The molecule has 1 aliphatic carbocycles. The van der Waals surface area contributed by atoms with Crippen LogP contribution in [0.2, 0.25) is 0 Å². The molecule has 0 amide bonds. The minimum absolute atomic E-state index is 0.0446. The molecule has 2 aromatic rings. The summed E-state index contributed by atoms with van der Waals surface area (Å²) in [5.41, 5.74) is 1.51. The van der Waals surface area contributed by atoms with Crippen molar-refractivity contribution in [3.63, 3.8) is 0 Å². The second-order valence-corrected chi connectivity index (χ2v) is 7.87. The fourth-order valence-corrected chi connectivity index (χ4v) is 4.90. The van der Waals surface area contributed by atoms with Crippen molar-refractivity contribution in [2.24, 2.45) is 11.3 Å². The van der Waals surface area contributed by atoms with Crippen molar-refractivity contribution in [1.29, 1.82) is 10.5 Å². The van der Waals surface area contributed by atoms with Crippen LogP contribution in [-0.4, -0.2) is 17.9 Å². The first kappa shape index (κ1) is 16.8. The minimum atomic E-state index is -1.32. The molecule has 0 radical (unpaired) electrons. The van der Waals surface area contributed by atoms with Gasteiger partial charge >= 0.3 is 0 Å². The standard InChI is InChI=1S/C24H19N3O/c25-14-24(15-26)20-13-12-16-6-4-5-9-19(16)27(20)22(23(28)18-10-11-18)21(24)17-7-2-1-3-8-17/h1-9,12-13,18,20-22H,10-11H2/t20-,21+,22-/m0/s1. The minimum Gasteiger partial charge on any atom is -0.351 e. The van der Waals surface area contributed by atoms with Crippen LogP contribution >= 0.6 is 0 Å². The Morgan fingerprint density at radius 2 is 1.68 bits per heavy atom. The molecule has 1 saturated carbocycles. The van der Waals surface area contributed by atoms with Gasteiger partial charge in [0.1, 0.15) is 0 Å². The first-order valence-corrected chi connectivity index (χ1v) is 9.68. The van der Waals surface area contributed by atoms with E-state index >= 15 is 0 Å². The molecule has 4 nitrogen and oxygen atoms in total. The van der Waals surface area contributed by atoms with Gasteiger partial charge in [-0.05, 0) is 30.0 Å². The molecule has 136 valence electrons. The number of hydrogen-bond acceptors (Lipinski definition) is 4. The van der Waals surface area contributed by atoms with Crippen LogP contribution in [0, 0.1) is 34.0 Å². The number of hydrogen-bond donors (Lipinski definition) is 0. The van der Waals surface area contributed by atoms with E-state index in [0.717, 1.165) is 29.7 Å². The van der Waals surface area contributed by atoms with Gasteiger partial charge in [0.25, 0.3) is 0 Å². The van der Waals surface area contributed by atoms with Gasteiger partial charge in [-0.1, -0.05) is 60.7 Å². The van der Waals surface area contributed by atoms with Gasteiger partial charge in [-0.3, -0.25) is 4.79 Å². The summed E-state index contributed by atoms with van der Waals surface area (Å²) >= 11 is 0. The predicted octanol–water partition coefficient (Wildman–Crippen LogP) is 4.07. The topological polar surface area (TPSA) is 67.9 Å². The van der Waals surface area contributed by atoms with Crippen molar-refractivity contribution in [2.45, 2.75) is 30.8 Å². The largest absolute Gasteiger partial charge is 0.351 e. The van der Waals surface area contributed by atoms with Crippen molar-refractivity contribution >= 4 is 17.5 Å². The molecule has 2 fully saturated rings. The van der Waals surface area contributed by atoms with Crippen molar-refractivity contribution in [2.75, 3.05) is 4.90 Å². The van der Waals surface area contributed by atoms with Crippen LogP contribution in [0.15, 0.2) is 60.7 Å². The number of anilines is 1. The quantitative estimate of drug-likeness (QED) is 0.822. The van der Waals surface area contributed by atoms with Crippen molar-refractivity contribution in [1.82, 2.24) is 0 Å². The average Bonchev–Trinajstić information content (AvgIpc) is 3.56. The lowest BCUT2D eigenvalue weighted by Gasteiger charge is -2.35. The number of fused-ring (bicyclic) bond motifs is 3. The van der Waals surface area contributed by atoms with Gasteiger partial charge in [-0.25, -0.2) is 0 Å². The Hall–Kier alpha value is -3.37. The highest BCUT2D eigenvalue weighted by Crippen LogP contribution is 2.56. The monoisotopic (exact) mass is 365 g/mol. The molecule has 0 N–H and O–H groups in total. The normalized spacial score (nSPS) is 26.6. The summed E-state index contributed by atoms with van der Waals surface area (Å²) in [7, 11) is 0. The maximum absolute atomic E-state index is 13.5. The van der Waals surface area contributed by atoms with Gasteiger partial charge in [0.15, 0.2) is 11.2 Å². The molecule has 0 spiro atoms. The molecule has 4 heteroatoms. The van der Waals surface area contributed by atoms with Gasteiger partial charge < -0.3 is 4.90 Å². The van der Waals surface area contributed by atoms with Crippen molar-refractivity contribution in [3.05, 3.63) is 71.8 Å². The van der Waals surface area contributed by atoms with E-state index in [1.807, 2.05) is 66.7 Å². The Balaban J connectivity index is 1.77. The Morgan fingerprint density at radius 3 is 2.36 bits per heavy atom. The number of Topliss-reactive ketones (excluding diaryl/α,β-unsaturated/α-hetero) is 1. The van der Waals surface area contributed by atoms with Crippen LogP contribution in [-0.2, 0) is 4.79 Å². The zero-order valence-corrected chi connectivity index (χ0v) is 15.3. The predicted molar refractivity (Wildman–Crippen MR) is 106 cm³/mol. The van der Waals surface area contributed by atoms with E-state index in [1.54, 1.807) is 0 Å². The SMILES string of the molecule is N#CC1(C#N)[C@H](c2ccccc2)[C@@H](C(=O)C2CC2)N2c3ccccc3C=C[C@H]21. The first-order valence-electron chi connectivity index (χ1n) is 9.68. The van der Waals surface area contributed by atoms with E-state index in [9.17, 15) is 15.3 Å². The van der Waals surface area contributed by atoms with Crippen LogP contribution in [0.25, 0.3) is 6.08 Å². The molecule has 5 rings (SSSR count). The summed E-state index contributed by atoms with van der Waals surface area (Å²) in [6, 6.07) is 21.3. The molecular formula is C24H19N3O. The first-order chi connectivity index (χ1) is 13.7. The van der Waals surface area contributed by atoms with Crippen molar-refractivity contribution < 1.29 is 4.79 Å². The van der Waals surface area contributed by atoms with Crippen molar-refractivity contribution in [3.8, 4) is 12.1 Å². The summed E-state index contributed by atoms with van der Waals surface area (Å²) in [5, 5.41) is 20.5. The van der Waals surface area contributed by atoms with Crippen LogP contribution in [0.3, 0.4) is 0 Å². The Labute approximate surface area is 164 Å². The smallest absolute Gasteiger partial charge is 0.176 e. The van der Waals surface area contributed by atoms with E-state index in [2.05, 4.69) is 17.0 Å². The Kier molecular flexibility index (Phi) is 3.64. The molecule has 2 aliphatic heterocycles. The lowest BCUT2D eigenvalue weighted by molar-refractivity contribution is -0.121. The highest BCUT2D eigenvalue weighted by molar-refractivity contribution is 5.95. The van der Waals surface area contributed by atoms with Gasteiger partial charge in [-0.15, -0.1) is 0 Å². The highest BCUT2D eigenvalue weighted by atomic mass is 16.1. The number of ketones is 1. The number of benzene rings is 2. The van der Waals surface area contributed by atoms with Gasteiger partial charge in [0.2, 0.25) is 0 Å². The number of para-hydroxylation sites is 1. The average molecular weight is 365 g/mol. The van der Waals surface area contributed by atoms with Gasteiger partial charge in [0, 0.05) is 17.5 Å². The number of rotatable bonds is 3. The molecular weight excluding hydrogens is 346 g/mol. The molecule has 3 atom stereocenters. The lowest BCUT2D eigenvalue weighted by atomic mass is 9.69. The fraction of sp³-hybridized carbons (Fsp3) is 0.292. The maximum atomic E-state index is 13.5. The number of nitrogens with zero attached hydrogens (tertiary/aromatic N) is 3. The molecule has 3 aliphatic rings. The Bertz CT molecular complexity index is 1040. The van der Waals surface area contributed by atoms with Gasteiger partial charge in [0.05, 0.1) is 24.2 Å². The van der Waals surface area contributed by atoms with Crippen LogP contribution in [0.4, 0.5) is 5.69 Å². The van der Waals surface area contributed by atoms with E-state index in [0.29, 0.717) is 0 Å². The molecule has 28 heavy (non-hydrogen) atoms. The lowest BCUT2D eigenvalue weighted by Crippen LogP contribution is -2.44. The third-order valence-corrected chi connectivity index (χ3v) is 6.35. The molecule has 1 saturated heterocycles. The second kappa shape index (κ2) is 6.08. The third kappa shape index (κ3) is 2.18. The number of carbonyl (C=O) groups excluding carboxylic acids is 1. The van der Waals surface area contributed by atoms with Crippen LogP contribution in [0.1, 0.15) is 29.9 Å². The Morgan fingerprint density at radius 1 is 1.00 bits per heavy atom. The fourth-order valence-electron chi connectivity index (χ4n) is 4.90. The summed E-state index contributed by atoms with van der Waals surface area (Å²) < 4.78 is 0. The highest BCUT2D eigenvalue weighted by Gasteiger charge is 2.64. The zero-order chi connectivity index (χ0) is 19.3.